The largest absolute Gasteiger partial charge is 0.392 e. The number of hydrogen-bond acceptors (Lipinski definition) is 2. The summed E-state index contributed by atoms with van der Waals surface area (Å²) in [4.78, 5) is 11.8. The highest BCUT2D eigenvalue weighted by Crippen LogP contribution is 2.10. The number of hydrogen-bond donors (Lipinski definition) is 2. The van der Waals surface area contributed by atoms with Crippen molar-refractivity contribution < 1.29 is 18.7 Å². The van der Waals surface area contributed by atoms with Crippen molar-refractivity contribution in [1.29, 1.82) is 0 Å². The molecule has 2 rings (SSSR count). The van der Waals surface area contributed by atoms with Crippen molar-refractivity contribution >= 4 is 5.91 Å². The molecule has 0 fully saturated rings. The highest BCUT2D eigenvalue weighted by molar-refractivity contribution is 5.94. The first-order valence-electron chi connectivity index (χ1n) is 6.02. The molecule has 2 aromatic rings. The molecule has 0 aliphatic heterocycles. The summed E-state index contributed by atoms with van der Waals surface area (Å²) in [5, 5.41) is 11.7. The fourth-order valence-electron chi connectivity index (χ4n) is 1.85. The maximum atomic E-state index is 13.0. The number of benzene rings is 2. The second-order valence-electron chi connectivity index (χ2n) is 4.27. The van der Waals surface area contributed by atoms with Crippen molar-refractivity contribution in [2.24, 2.45) is 0 Å². The number of carbonyl (C=O) groups is 1. The molecular weight excluding hydrogens is 264 g/mol. The van der Waals surface area contributed by atoms with Gasteiger partial charge in [-0.1, -0.05) is 24.3 Å². The number of aliphatic hydroxyl groups excluding tert-OH is 1. The van der Waals surface area contributed by atoms with Gasteiger partial charge in [-0.15, -0.1) is 0 Å². The zero-order chi connectivity index (χ0) is 14.5. The molecule has 0 atom stereocenters. The van der Waals surface area contributed by atoms with Crippen LogP contribution in [0.3, 0.4) is 0 Å². The summed E-state index contributed by atoms with van der Waals surface area (Å²) in [6, 6.07) is 9.70. The van der Waals surface area contributed by atoms with Crippen LogP contribution in [0.4, 0.5) is 8.78 Å². The van der Waals surface area contributed by atoms with Gasteiger partial charge in [0.2, 0.25) is 0 Å². The summed E-state index contributed by atoms with van der Waals surface area (Å²) in [6.45, 7) is 0.0360. The Hall–Kier alpha value is -2.27. The summed E-state index contributed by atoms with van der Waals surface area (Å²) >= 11 is 0. The van der Waals surface area contributed by atoms with Crippen LogP contribution in [0.5, 0.6) is 0 Å². The lowest BCUT2D eigenvalue weighted by Crippen LogP contribution is -2.23. The average molecular weight is 277 g/mol. The Morgan fingerprint density at radius 3 is 2.25 bits per heavy atom. The molecule has 20 heavy (non-hydrogen) atoms. The van der Waals surface area contributed by atoms with Crippen molar-refractivity contribution in [3.8, 4) is 0 Å². The summed E-state index contributed by atoms with van der Waals surface area (Å²) < 4.78 is 26.0. The van der Waals surface area contributed by atoms with E-state index in [0.717, 1.165) is 17.7 Å². The van der Waals surface area contributed by atoms with Gasteiger partial charge >= 0.3 is 0 Å². The third kappa shape index (κ3) is 3.39. The number of amides is 1. The lowest BCUT2D eigenvalue weighted by molar-refractivity contribution is 0.0949. The van der Waals surface area contributed by atoms with Crippen molar-refractivity contribution in [3.63, 3.8) is 0 Å². The Morgan fingerprint density at radius 1 is 1.05 bits per heavy atom. The smallest absolute Gasteiger partial charge is 0.251 e. The SMILES string of the molecule is O=C(NCc1ccccc1CO)c1cc(F)cc(F)c1. The van der Waals surface area contributed by atoms with E-state index in [9.17, 15) is 13.6 Å². The summed E-state index contributed by atoms with van der Waals surface area (Å²) in [6.07, 6.45) is 0. The summed E-state index contributed by atoms with van der Waals surface area (Å²) in [5.41, 5.74) is 1.36. The molecule has 3 nitrogen and oxygen atoms in total. The van der Waals surface area contributed by atoms with Gasteiger partial charge in [0.25, 0.3) is 5.91 Å². The average Bonchev–Trinajstić information content (AvgIpc) is 2.44. The maximum Gasteiger partial charge on any atom is 0.251 e. The molecule has 0 radical (unpaired) electrons. The van der Waals surface area contributed by atoms with E-state index in [4.69, 9.17) is 5.11 Å². The van der Waals surface area contributed by atoms with Crippen molar-refractivity contribution in [2.45, 2.75) is 13.2 Å². The topological polar surface area (TPSA) is 49.3 Å². The fraction of sp³-hybridized carbons (Fsp3) is 0.133. The van der Waals surface area contributed by atoms with Crippen LogP contribution in [0.1, 0.15) is 21.5 Å². The number of carbonyl (C=O) groups excluding carboxylic acids is 1. The monoisotopic (exact) mass is 277 g/mol. The first-order valence-corrected chi connectivity index (χ1v) is 6.02. The minimum atomic E-state index is -0.800. The van der Waals surface area contributed by atoms with Crippen LogP contribution in [-0.4, -0.2) is 11.0 Å². The van der Waals surface area contributed by atoms with Crippen LogP contribution in [0.2, 0.25) is 0 Å². The number of halogens is 2. The van der Waals surface area contributed by atoms with E-state index in [1.165, 1.54) is 0 Å². The van der Waals surface area contributed by atoms with Gasteiger partial charge in [-0.05, 0) is 23.3 Å². The molecule has 2 aromatic carbocycles. The zero-order valence-electron chi connectivity index (χ0n) is 10.6. The molecule has 104 valence electrons. The van der Waals surface area contributed by atoms with Crippen LogP contribution in [0, 0.1) is 11.6 Å². The van der Waals surface area contributed by atoms with Gasteiger partial charge in [0, 0.05) is 18.2 Å². The number of nitrogens with one attached hydrogen (secondary N) is 1. The van der Waals surface area contributed by atoms with Crippen molar-refractivity contribution in [3.05, 3.63) is 70.8 Å². The van der Waals surface area contributed by atoms with Crippen LogP contribution in [-0.2, 0) is 13.2 Å². The molecule has 0 unspecified atom stereocenters. The minimum absolute atomic E-state index is 0.0796. The molecule has 0 saturated heterocycles. The Morgan fingerprint density at radius 2 is 1.65 bits per heavy atom. The van der Waals surface area contributed by atoms with Gasteiger partial charge in [-0.2, -0.15) is 0 Å². The van der Waals surface area contributed by atoms with E-state index in [1.807, 2.05) is 0 Å². The van der Waals surface area contributed by atoms with Gasteiger partial charge in [-0.3, -0.25) is 4.79 Å². The molecule has 0 aliphatic rings. The summed E-state index contributed by atoms with van der Waals surface area (Å²) in [5.74, 6) is -2.17. The Bertz CT molecular complexity index is 609. The summed E-state index contributed by atoms with van der Waals surface area (Å²) in [7, 11) is 0. The second-order valence-corrected chi connectivity index (χ2v) is 4.27. The van der Waals surface area contributed by atoms with Gasteiger partial charge < -0.3 is 10.4 Å². The van der Waals surface area contributed by atoms with E-state index in [2.05, 4.69) is 5.32 Å². The van der Waals surface area contributed by atoms with Crippen molar-refractivity contribution in [1.82, 2.24) is 5.32 Å². The second kappa shape index (κ2) is 6.25. The van der Waals surface area contributed by atoms with E-state index in [1.54, 1.807) is 24.3 Å². The van der Waals surface area contributed by atoms with Gasteiger partial charge in [0.15, 0.2) is 0 Å². The highest BCUT2D eigenvalue weighted by atomic mass is 19.1. The number of rotatable bonds is 4. The first kappa shape index (κ1) is 14.1. The van der Waals surface area contributed by atoms with E-state index >= 15 is 0 Å². The van der Waals surface area contributed by atoms with E-state index < -0.39 is 17.5 Å². The van der Waals surface area contributed by atoms with Gasteiger partial charge in [0.05, 0.1) is 6.61 Å². The van der Waals surface area contributed by atoms with Crippen LogP contribution >= 0.6 is 0 Å². The van der Waals surface area contributed by atoms with Crippen molar-refractivity contribution in [2.75, 3.05) is 0 Å². The lowest BCUT2D eigenvalue weighted by atomic mass is 10.1. The fourth-order valence-corrected chi connectivity index (χ4v) is 1.85. The normalized spacial score (nSPS) is 10.3. The Balaban J connectivity index is 2.08. The predicted octanol–water partition coefficient (Wildman–Crippen LogP) is 2.39. The molecule has 0 heterocycles. The Labute approximate surface area is 114 Å². The molecule has 0 aliphatic carbocycles. The van der Waals surface area contributed by atoms with Crippen LogP contribution in [0.25, 0.3) is 0 Å². The molecule has 0 bridgehead atoms. The molecular formula is C15H13F2NO2. The zero-order valence-corrected chi connectivity index (χ0v) is 10.6. The maximum absolute atomic E-state index is 13.0. The van der Waals surface area contributed by atoms with Crippen LogP contribution < -0.4 is 5.32 Å². The third-order valence-corrected chi connectivity index (χ3v) is 2.85. The molecule has 5 heteroatoms. The third-order valence-electron chi connectivity index (χ3n) is 2.85. The van der Waals surface area contributed by atoms with Gasteiger partial charge in [0.1, 0.15) is 11.6 Å². The lowest BCUT2D eigenvalue weighted by Gasteiger charge is -2.09. The first-order chi connectivity index (χ1) is 9.60. The highest BCUT2D eigenvalue weighted by Gasteiger charge is 2.09. The van der Waals surface area contributed by atoms with E-state index in [0.29, 0.717) is 11.6 Å². The molecule has 1 amide bonds. The predicted molar refractivity (Wildman–Crippen MR) is 69.9 cm³/mol. The van der Waals surface area contributed by atoms with Crippen LogP contribution in [0.15, 0.2) is 42.5 Å². The molecule has 0 spiro atoms. The molecule has 0 saturated carbocycles. The molecule has 2 N–H and O–H groups in total. The molecule has 0 aromatic heterocycles. The van der Waals surface area contributed by atoms with Gasteiger partial charge in [-0.25, -0.2) is 8.78 Å². The minimum Gasteiger partial charge on any atom is -0.392 e. The quantitative estimate of drug-likeness (QED) is 0.901. The van der Waals surface area contributed by atoms with E-state index in [-0.39, 0.29) is 18.7 Å². The standard InChI is InChI=1S/C15H13F2NO2/c16-13-5-12(6-14(17)7-13)15(20)18-8-10-3-1-2-4-11(10)9-19/h1-7,19H,8-9H2,(H,18,20). The Kier molecular flexibility index (Phi) is 4.42. The number of aliphatic hydroxyl groups is 1.